The van der Waals surface area contributed by atoms with E-state index in [2.05, 4.69) is 20.4 Å². The van der Waals surface area contributed by atoms with Gasteiger partial charge in [-0.1, -0.05) is 45.4 Å². The van der Waals surface area contributed by atoms with Crippen molar-refractivity contribution in [1.82, 2.24) is 4.90 Å². The van der Waals surface area contributed by atoms with E-state index in [1.165, 1.54) is 0 Å². The van der Waals surface area contributed by atoms with Crippen LogP contribution in [0.15, 0.2) is 36.9 Å². The molecule has 0 unspecified atom stereocenters. The number of amides is 1. The molecule has 2 aromatic rings. The van der Waals surface area contributed by atoms with Crippen LogP contribution >= 0.6 is 0 Å². The number of allylic oxidation sites excluding steroid dienone is 1. The molecule has 7 nitrogen and oxygen atoms in total. The van der Waals surface area contributed by atoms with Crippen molar-refractivity contribution in [2.45, 2.75) is 59.5 Å². The van der Waals surface area contributed by atoms with Crippen LogP contribution in [0, 0.1) is 0 Å². The van der Waals surface area contributed by atoms with Gasteiger partial charge < -0.3 is 28.6 Å². The highest BCUT2D eigenvalue weighted by Crippen LogP contribution is 2.37. The highest BCUT2D eigenvalue weighted by Gasteiger charge is 2.29. The van der Waals surface area contributed by atoms with E-state index in [4.69, 9.17) is 23.7 Å². The first-order valence-electron chi connectivity index (χ1n) is 13.7. The normalized spacial score (nSPS) is 12.4. The van der Waals surface area contributed by atoms with Crippen LogP contribution in [0.25, 0.3) is 5.57 Å². The molecule has 1 aliphatic heterocycles. The first-order chi connectivity index (χ1) is 18.5. The minimum Gasteiger partial charge on any atom is -0.493 e. The fourth-order valence-corrected chi connectivity index (χ4v) is 4.25. The lowest BCUT2D eigenvalue weighted by atomic mass is 10.0. The van der Waals surface area contributed by atoms with E-state index in [0.717, 1.165) is 53.7 Å². The van der Waals surface area contributed by atoms with Crippen molar-refractivity contribution >= 4 is 11.5 Å². The smallest absolute Gasteiger partial charge is 0.258 e. The van der Waals surface area contributed by atoms with Crippen molar-refractivity contribution in [3.63, 3.8) is 0 Å². The Bertz CT molecular complexity index is 1070. The number of carbonyl (C=O) groups excluding carboxylic acids is 1. The number of hydrogen-bond acceptors (Lipinski definition) is 6. The van der Waals surface area contributed by atoms with Crippen LogP contribution in [0.2, 0.25) is 0 Å². The summed E-state index contributed by atoms with van der Waals surface area (Å²) in [6.45, 7) is 14.5. The predicted octanol–water partition coefficient (Wildman–Crippen LogP) is 6.28. The Morgan fingerprint density at radius 2 is 1.50 bits per heavy atom. The molecule has 0 aliphatic carbocycles. The summed E-state index contributed by atoms with van der Waals surface area (Å²) < 4.78 is 28.7. The number of carbonyl (C=O) groups is 1. The maximum atomic E-state index is 13.9. The third kappa shape index (κ3) is 7.98. The van der Waals surface area contributed by atoms with E-state index < -0.39 is 0 Å². The number of unbranched alkanes of at least 4 members (excludes halogenated alkanes) is 2. The Balaban J connectivity index is 1.80. The molecular formula is C31H43NO6. The SMILES string of the molecule is C=C(C)c1cc(C(=O)N2Cc3cccc(OCCOCCOC)c3C2)c(OCCCC)cc1OCCCC. The van der Waals surface area contributed by atoms with Gasteiger partial charge in [-0.2, -0.15) is 0 Å². The number of methoxy groups -OCH3 is 1. The van der Waals surface area contributed by atoms with E-state index in [9.17, 15) is 4.79 Å². The van der Waals surface area contributed by atoms with Gasteiger partial charge in [0.15, 0.2) is 0 Å². The summed E-state index contributed by atoms with van der Waals surface area (Å²) in [4.78, 5) is 15.7. The van der Waals surface area contributed by atoms with Gasteiger partial charge in [-0.25, -0.2) is 0 Å². The highest BCUT2D eigenvalue weighted by atomic mass is 16.5. The molecule has 0 bridgehead atoms. The van der Waals surface area contributed by atoms with Crippen LogP contribution < -0.4 is 14.2 Å². The Labute approximate surface area is 227 Å². The van der Waals surface area contributed by atoms with Gasteiger partial charge in [0.05, 0.1) is 45.1 Å². The maximum absolute atomic E-state index is 13.9. The van der Waals surface area contributed by atoms with Gasteiger partial charge in [-0.15, -0.1) is 0 Å². The second-order valence-electron chi connectivity index (χ2n) is 9.54. The summed E-state index contributed by atoms with van der Waals surface area (Å²) in [6, 6.07) is 9.71. The molecule has 3 rings (SSSR count). The molecular weight excluding hydrogens is 482 g/mol. The molecule has 0 atom stereocenters. The van der Waals surface area contributed by atoms with E-state index in [0.29, 0.717) is 69.8 Å². The van der Waals surface area contributed by atoms with Crippen LogP contribution in [0.1, 0.15) is 73.5 Å². The predicted molar refractivity (Wildman–Crippen MR) is 150 cm³/mol. The van der Waals surface area contributed by atoms with Gasteiger partial charge >= 0.3 is 0 Å². The van der Waals surface area contributed by atoms with Gasteiger partial charge in [0.1, 0.15) is 23.9 Å². The van der Waals surface area contributed by atoms with Crippen molar-refractivity contribution in [3.05, 3.63) is 59.2 Å². The zero-order valence-electron chi connectivity index (χ0n) is 23.5. The van der Waals surface area contributed by atoms with Crippen molar-refractivity contribution in [3.8, 4) is 17.2 Å². The van der Waals surface area contributed by atoms with Gasteiger partial charge in [0.25, 0.3) is 5.91 Å². The summed E-state index contributed by atoms with van der Waals surface area (Å²) in [7, 11) is 1.65. The standard InChI is InChI=1S/C31H43NO6/c1-6-8-13-36-29-20-30(37-14-9-7-2)26(19-25(29)23(3)4)31(33)32-21-24-11-10-12-28(27(24)22-32)38-18-17-35-16-15-34-5/h10-12,19-20H,3,6-9,13-18,21-22H2,1-2,4-5H3. The zero-order chi connectivity index (χ0) is 27.3. The molecule has 0 aromatic heterocycles. The number of benzene rings is 2. The summed E-state index contributed by atoms with van der Waals surface area (Å²) >= 11 is 0. The van der Waals surface area contributed by atoms with Crippen molar-refractivity contribution < 1.29 is 28.5 Å². The zero-order valence-corrected chi connectivity index (χ0v) is 23.5. The average Bonchev–Trinajstić information content (AvgIpc) is 3.36. The van der Waals surface area contributed by atoms with Crippen LogP contribution in [0.5, 0.6) is 17.2 Å². The molecule has 0 N–H and O–H groups in total. The lowest BCUT2D eigenvalue weighted by Gasteiger charge is -2.21. The van der Waals surface area contributed by atoms with Gasteiger partial charge in [-0.3, -0.25) is 4.79 Å². The van der Waals surface area contributed by atoms with E-state index >= 15 is 0 Å². The molecule has 7 heteroatoms. The van der Waals surface area contributed by atoms with Gasteiger partial charge in [0.2, 0.25) is 0 Å². The Morgan fingerprint density at radius 3 is 2.16 bits per heavy atom. The summed E-state index contributed by atoms with van der Waals surface area (Å²) in [5.41, 5.74) is 4.33. The largest absolute Gasteiger partial charge is 0.493 e. The minimum atomic E-state index is -0.0795. The van der Waals surface area contributed by atoms with Gasteiger partial charge in [0, 0.05) is 30.8 Å². The minimum absolute atomic E-state index is 0.0795. The van der Waals surface area contributed by atoms with Crippen LogP contribution in [0.4, 0.5) is 0 Å². The summed E-state index contributed by atoms with van der Waals surface area (Å²) in [5.74, 6) is 1.97. The Hall–Kier alpha value is -3.03. The van der Waals surface area contributed by atoms with Crippen molar-refractivity contribution in [2.24, 2.45) is 0 Å². The topological polar surface area (TPSA) is 66.5 Å². The molecule has 0 saturated carbocycles. The molecule has 38 heavy (non-hydrogen) atoms. The Kier molecular flexibility index (Phi) is 12.0. The van der Waals surface area contributed by atoms with E-state index in [1.807, 2.05) is 42.2 Å². The maximum Gasteiger partial charge on any atom is 0.258 e. The molecule has 1 aliphatic rings. The third-order valence-corrected chi connectivity index (χ3v) is 6.43. The van der Waals surface area contributed by atoms with Crippen molar-refractivity contribution in [2.75, 3.05) is 46.8 Å². The second-order valence-corrected chi connectivity index (χ2v) is 9.54. The molecule has 1 amide bonds. The van der Waals surface area contributed by atoms with E-state index in [-0.39, 0.29) is 5.91 Å². The quantitative estimate of drug-likeness (QED) is 0.227. The first-order valence-corrected chi connectivity index (χ1v) is 13.7. The lowest BCUT2D eigenvalue weighted by molar-refractivity contribution is 0.0541. The summed E-state index contributed by atoms with van der Waals surface area (Å²) in [6.07, 6.45) is 3.92. The number of hydrogen-bond donors (Lipinski definition) is 0. The fraction of sp³-hybridized carbons (Fsp3) is 0.516. The Morgan fingerprint density at radius 1 is 0.842 bits per heavy atom. The first kappa shape index (κ1) is 29.5. The molecule has 0 fully saturated rings. The monoisotopic (exact) mass is 525 g/mol. The van der Waals surface area contributed by atoms with Crippen LogP contribution in [-0.4, -0.2) is 57.6 Å². The number of rotatable bonds is 17. The number of fused-ring (bicyclic) bond motifs is 1. The molecule has 2 aromatic carbocycles. The average molecular weight is 526 g/mol. The second kappa shape index (κ2) is 15.4. The highest BCUT2D eigenvalue weighted by molar-refractivity contribution is 5.98. The lowest BCUT2D eigenvalue weighted by Crippen LogP contribution is -2.26. The molecule has 0 saturated heterocycles. The summed E-state index contributed by atoms with van der Waals surface area (Å²) in [5, 5.41) is 0. The number of nitrogens with zero attached hydrogens (tertiary/aromatic N) is 1. The number of ether oxygens (including phenoxy) is 5. The molecule has 1 heterocycles. The van der Waals surface area contributed by atoms with Crippen LogP contribution in [0.3, 0.4) is 0 Å². The molecule has 208 valence electrons. The van der Waals surface area contributed by atoms with Crippen LogP contribution in [-0.2, 0) is 22.6 Å². The fourth-order valence-electron chi connectivity index (χ4n) is 4.25. The van der Waals surface area contributed by atoms with Gasteiger partial charge in [-0.05, 0) is 43.0 Å². The molecule has 0 radical (unpaired) electrons. The van der Waals surface area contributed by atoms with Crippen molar-refractivity contribution in [1.29, 1.82) is 0 Å². The van der Waals surface area contributed by atoms with E-state index in [1.54, 1.807) is 7.11 Å². The third-order valence-electron chi connectivity index (χ3n) is 6.43. The molecule has 0 spiro atoms.